The molecule has 2 rings (SSSR count). The topological polar surface area (TPSA) is 67.1 Å². The van der Waals surface area contributed by atoms with Crippen LogP contribution in [-0.4, -0.2) is 34.5 Å². The number of hydrogen-bond donors (Lipinski definition) is 2. The first-order valence-electron chi connectivity index (χ1n) is 6.86. The summed E-state index contributed by atoms with van der Waals surface area (Å²) in [5.41, 5.74) is 5.12. The van der Waals surface area contributed by atoms with E-state index in [1.54, 1.807) is 0 Å². The largest absolute Gasteiger partial charge is 0.308 e. The quantitative estimate of drug-likeness (QED) is 0.584. The van der Waals surface area contributed by atoms with Gasteiger partial charge >= 0.3 is 0 Å². The molecule has 18 heavy (non-hydrogen) atoms. The van der Waals surface area contributed by atoms with E-state index in [9.17, 15) is 0 Å². The van der Waals surface area contributed by atoms with Gasteiger partial charge in [-0.2, -0.15) is 0 Å². The van der Waals surface area contributed by atoms with Crippen LogP contribution < -0.4 is 11.3 Å². The predicted octanol–water partition coefficient (Wildman–Crippen LogP) is 1.14. The number of hydrazine groups is 1. The fourth-order valence-electron chi connectivity index (χ4n) is 2.51. The minimum absolute atomic E-state index is 0.826. The van der Waals surface area contributed by atoms with Gasteiger partial charge in [-0.05, 0) is 32.4 Å². The van der Waals surface area contributed by atoms with Gasteiger partial charge in [0.15, 0.2) is 0 Å². The van der Waals surface area contributed by atoms with Crippen LogP contribution >= 0.6 is 0 Å². The maximum absolute atomic E-state index is 5.55. The molecule has 100 valence electrons. The minimum atomic E-state index is 0.826. The van der Waals surface area contributed by atoms with E-state index in [0.29, 0.717) is 0 Å². The van der Waals surface area contributed by atoms with Gasteiger partial charge in [-0.3, -0.25) is 0 Å². The van der Waals surface area contributed by atoms with E-state index in [2.05, 4.69) is 34.1 Å². The highest BCUT2D eigenvalue weighted by Crippen LogP contribution is 2.25. The summed E-state index contributed by atoms with van der Waals surface area (Å²) in [6.07, 6.45) is 4.16. The van der Waals surface area contributed by atoms with Gasteiger partial charge in [-0.15, -0.1) is 0 Å². The Morgan fingerprint density at radius 2 is 2.00 bits per heavy atom. The smallest absolute Gasteiger partial charge is 0.147 e. The average Bonchev–Trinajstić information content (AvgIpc) is 2.87. The minimum Gasteiger partial charge on any atom is -0.308 e. The van der Waals surface area contributed by atoms with Crippen LogP contribution in [0.2, 0.25) is 0 Å². The highest BCUT2D eigenvalue weighted by Gasteiger charge is 2.18. The monoisotopic (exact) mass is 249 g/mol. The number of fused-ring (bicyclic) bond motifs is 1. The molecule has 0 saturated carbocycles. The third kappa shape index (κ3) is 2.79. The SMILES string of the molecule is CCN(CC)CCc1nc2c(c(NN)n1)CCC2. The summed E-state index contributed by atoms with van der Waals surface area (Å²) in [7, 11) is 0. The Kier molecular flexibility index (Phi) is 4.49. The van der Waals surface area contributed by atoms with Crippen LogP contribution in [0.15, 0.2) is 0 Å². The van der Waals surface area contributed by atoms with Crippen LogP contribution in [0.4, 0.5) is 5.82 Å². The Balaban J connectivity index is 2.09. The van der Waals surface area contributed by atoms with Crippen molar-refractivity contribution >= 4 is 5.82 Å². The summed E-state index contributed by atoms with van der Waals surface area (Å²) in [6, 6.07) is 0. The van der Waals surface area contributed by atoms with Crippen molar-refractivity contribution in [1.29, 1.82) is 0 Å². The van der Waals surface area contributed by atoms with E-state index >= 15 is 0 Å². The molecule has 5 heteroatoms. The Morgan fingerprint density at radius 1 is 1.22 bits per heavy atom. The van der Waals surface area contributed by atoms with Crippen molar-refractivity contribution in [2.24, 2.45) is 5.84 Å². The van der Waals surface area contributed by atoms with E-state index in [1.807, 2.05) is 0 Å². The van der Waals surface area contributed by atoms with Crippen LogP contribution in [0.1, 0.15) is 37.4 Å². The van der Waals surface area contributed by atoms with Crippen LogP contribution in [0.5, 0.6) is 0 Å². The molecule has 1 heterocycles. The molecule has 0 aromatic carbocycles. The van der Waals surface area contributed by atoms with Crippen LogP contribution in [0, 0.1) is 0 Å². The number of aromatic nitrogens is 2. The first kappa shape index (κ1) is 13.2. The summed E-state index contributed by atoms with van der Waals surface area (Å²) in [4.78, 5) is 11.6. The van der Waals surface area contributed by atoms with E-state index in [-0.39, 0.29) is 0 Å². The molecule has 0 aliphatic heterocycles. The number of hydrogen-bond acceptors (Lipinski definition) is 5. The molecule has 0 spiro atoms. The number of aryl methyl sites for hydroxylation is 1. The van der Waals surface area contributed by atoms with Crippen molar-refractivity contribution in [2.45, 2.75) is 39.5 Å². The Morgan fingerprint density at radius 3 is 2.67 bits per heavy atom. The zero-order valence-electron chi connectivity index (χ0n) is 11.4. The highest BCUT2D eigenvalue weighted by molar-refractivity contribution is 5.47. The molecule has 0 bridgehead atoms. The van der Waals surface area contributed by atoms with Gasteiger partial charge in [0.1, 0.15) is 11.6 Å². The lowest BCUT2D eigenvalue weighted by Crippen LogP contribution is -2.26. The van der Waals surface area contributed by atoms with Gasteiger partial charge in [-0.1, -0.05) is 13.8 Å². The van der Waals surface area contributed by atoms with Crippen LogP contribution in [-0.2, 0) is 19.3 Å². The number of likely N-dealkylation sites (N-methyl/N-ethyl adjacent to an activating group) is 1. The second-order valence-corrected chi connectivity index (χ2v) is 4.69. The fraction of sp³-hybridized carbons (Fsp3) is 0.692. The Hall–Kier alpha value is -1.20. The summed E-state index contributed by atoms with van der Waals surface area (Å²) >= 11 is 0. The van der Waals surface area contributed by atoms with E-state index in [1.165, 1.54) is 11.3 Å². The van der Waals surface area contributed by atoms with Gasteiger partial charge in [-0.25, -0.2) is 15.8 Å². The molecule has 1 aromatic rings. The van der Waals surface area contributed by atoms with Gasteiger partial charge < -0.3 is 10.3 Å². The first-order chi connectivity index (χ1) is 8.78. The summed E-state index contributed by atoms with van der Waals surface area (Å²) < 4.78 is 0. The van der Waals surface area contributed by atoms with Crippen molar-refractivity contribution in [1.82, 2.24) is 14.9 Å². The van der Waals surface area contributed by atoms with Crippen LogP contribution in [0.3, 0.4) is 0 Å². The average molecular weight is 249 g/mol. The number of nitrogen functional groups attached to an aromatic ring is 1. The van der Waals surface area contributed by atoms with Gasteiger partial charge in [0.25, 0.3) is 0 Å². The molecule has 1 aliphatic carbocycles. The molecular formula is C13H23N5. The van der Waals surface area contributed by atoms with Crippen molar-refractivity contribution in [3.8, 4) is 0 Å². The zero-order valence-corrected chi connectivity index (χ0v) is 11.4. The second-order valence-electron chi connectivity index (χ2n) is 4.69. The fourth-order valence-corrected chi connectivity index (χ4v) is 2.51. The van der Waals surface area contributed by atoms with Crippen LogP contribution in [0.25, 0.3) is 0 Å². The summed E-state index contributed by atoms with van der Waals surface area (Å²) in [6.45, 7) is 7.52. The summed E-state index contributed by atoms with van der Waals surface area (Å²) in [5, 5.41) is 0. The Bertz CT molecular complexity index is 401. The number of nitrogens with two attached hydrogens (primary N) is 1. The molecule has 0 atom stereocenters. The molecule has 0 saturated heterocycles. The normalized spacial score (nSPS) is 14.0. The van der Waals surface area contributed by atoms with E-state index < -0.39 is 0 Å². The van der Waals surface area contributed by atoms with Crippen molar-refractivity contribution < 1.29 is 0 Å². The second kappa shape index (κ2) is 6.11. The number of rotatable bonds is 6. The lowest BCUT2D eigenvalue weighted by atomic mass is 10.2. The molecule has 5 nitrogen and oxygen atoms in total. The number of anilines is 1. The molecular weight excluding hydrogens is 226 g/mol. The zero-order chi connectivity index (χ0) is 13.0. The number of nitrogens with zero attached hydrogens (tertiary/aromatic N) is 3. The summed E-state index contributed by atoms with van der Waals surface area (Å²) in [5.74, 6) is 7.29. The molecule has 1 aliphatic rings. The van der Waals surface area contributed by atoms with Crippen molar-refractivity contribution in [3.63, 3.8) is 0 Å². The Labute approximate surface area is 109 Å². The molecule has 1 aromatic heterocycles. The van der Waals surface area contributed by atoms with Gasteiger partial charge in [0.2, 0.25) is 0 Å². The van der Waals surface area contributed by atoms with Crippen molar-refractivity contribution in [3.05, 3.63) is 17.1 Å². The molecule has 0 radical (unpaired) electrons. The first-order valence-corrected chi connectivity index (χ1v) is 6.86. The molecule has 0 unspecified atom stereocenters. The highest BCUT2D eigenvalue weighted by atomic mass is 15.3. The van der Waals surface area contributed by atoms with E-state index in [0.717, 1.165) is 57.0 Å². The third-order valence-electron chi connectivity index (χ3n) is 3.66. The van der Waals surface area contributed by atoms with E-state index in [4.69, 9.17) is 5.84 Å². The molecule has 0 fully saturated rings. The third-order valence-corrected chi connectivity index (χ3v) is 3.66. The lowest BCUT2D eigenvalue weighted by Gasteiger charge is -2.17. The predicted molar refractivity (Wildman–Crippen MR) is 73.4 cm³/mol. The molecule has 3 N–H and O–H groups in total. The number of nitrogens with one attached hydrogen (secondary N) is 1. The molecule has 0 amide bonds. The maximum atomic E-state index is 5.55. The van der Waals surface area contributed by atoms with Crippen molar-refractivity contribution in [2.75, 3.05) is 25.1 Å². The van der Waals surface area contributed by atoms with Gasteiger partial charge in [0.05, 0.1) is 0 Å². The van der Waals surface area contributed by atoms with Gasteiger partial charge in [0, 0.05) is 24.2 Å². The maximum Gasteiger partial charge on any atom is 0.147 e. The standard InChI is InChI=1S/C13H23N5/c1-3-18(4-2)9-8-12-15-11-7-5-6-10(11)13(16-12)17-14/h3-9,14H2,1-2H3,(H,15,16,17). The lowest BCUT2D eigenvalue weighted by molar-refractivity contribution is 0.305.